The van der Waals surface area contributed by atoms with Crippen molar-refractivity contribution < 1.29 is 4.79 Å². The second kappa shape index (κ2) is 6.44. The Kier molecular flexibility index (Phi) is 4.47. The van der Waals surface area contributed by atoms with Gasteiger partial charge in [-0.15, -0.1) is 11.3 Å². The monoisotopic (exact) mass is 359 g/mol. The quantitative estimate of drug-likeness (QED) is 0.775. The lowest BCUT2D eigenvalue weighted by Gasteiger charge is -2.13. The van der Waals surface area contributed by atoms with E-state index in [1.165, 1.54) is 17.7 Å². The van der Waals surface area contributed by atoms with Crippen LogP contribution >= 0.6 is 11.3 Å². The Balaban J connectivity index is 1.95. The van der Waals surface area contributed by atoms with Crippen LogP contribution in [0.3, 0.4) is 0 Å². The van der Waals surface area contributed by atoms with Crippen LogP contribution in [0.25, 0.3) is 10.2 Å². The molecule has 25 heavy (non-hydrogen) atoms. The van der Waals surface area contributed by atoms with Gasteiger partial charge in [-0.05, 0) is 33.3 Å². The lowest BCUT2D eigenvalue weighted by Crippen LogP contribution is -2.27. The Labute approximate surface area is 149 Å². The van der Waals surface area contributed by atoms with Crippen molar-refractivity contribution >= 4 is 27.5 Å². The fraction of sp³-hybridized carbons (Fsp3) is 0.412. The third-order valence-corrected chi connectivity index (χ3v) is 5.75. The second-order valence-corrected chi connectivity index (χ2v) is 7.08. The molecule has 0 aromatic carbocycles. The molecule has 1 N–H and O–H groups in total. The highest BCUT2D eigenvalue weighted by Gasteiger charge is 2.22. The number of amides is 1. The third-order valence-electron chi connectivity index (χ3n) is 4.55. The number of hydrogen-bond donors (Lipinski definition) is 1. The lowest BCUT2D eigenvalue weighted by atomic mass is 10.1. The summed E-state index contributed by atoms with van der Waals surface area (Å²) in [5.74, 6) is -0.196. The molecule has 3 rings (SSSR count). The van der Waals surface area contributed by atoms with E-state index in [2.05, 4.69) is 15.4 Å². The summed E-state index contributed by atoms with van der Waals surface area (Å²) in [7, 11) is 1.87. The Morgan fingerprint density at radius 1 is 1.40 bits per heavy atom. The van der Waals surface area contributed by atoms with Crippen LogP contribution in [0, 0.1) is 13.8 Å². The van der Waals surface area contributed by atoms with E-state index in [9.17, 15) is 9.59 Å². The molecule has 0 saturated heterocycles. The molecule has 0 aliphatic carbocycles. The predicted molar refractivity (Wildman–Crippen MR) is 98.1 cm³/mol. The summed E-state index contributed by atoms with van der Waals surface area (Å²) < 4.78 is 3.32. The number of rotatable bonds is 4. The molecule has 0 bridgehead atoms. The minimum Gasteiger partial charge on any atom is -0.345 e. The molecule has 3 heterocycles. The molecule has 0 spiro atoms. The number of thiophene rings is 1. The van der Waals surface area contributed by atoms with Crippen molar-refractivity contribution in [2.75, 3.05) is 0 Å². The summed E-state index contributed by atoms with van der Waals surface area (Å²) in [5, 5.41) is 7.74. The number of aryl methyl sites for hydroxylation is 3. The van der Waals surface area contributed by atoms with Gasteiger partial charge in [0.1, 0.15) is 4.83 Å². The van der Waals surface area contributed by atoms with Crippen LogP contribution in [0.4, 0.5) is 0 Å². The maximum absolute atomic E-state index is 12.7. The summed E-state index contributed by atoms with van der Waals surface area (Å²) >= 11 is 1.25. The van der Waals surface area contributed by atoms with Crippen molar-refractivity contribution in [1.82, 2.24) is 24.6 Å². The number of carbonyl (C=O) groups is 1. The van der Waals surface area contributed by atoms with Crippen molar-refractivity contribution in [3.63, 3.8) is 0 Å². The van der Waals surface area contributed by atoms with Crippen molar-refractivity contribution in [1.29, 1.82) is 0 Å². The van der Waals surface area contributed by atoms with Crippen LogP contribution in [0.2, 0.25) is 0 Å². The third kappa shape index (κ3) is 2.86. The van der Waals surface area contributed by atoms with Gasteiger partial charge in [0.25, 0.3) is 11.5 Å². The molecule has 1 amide bonds. The van der Waals surface area contributed by atoms with Gasteiger partial charge in [0.05, 0.1) is 28.8 Å². The van der Waals surface area contributed by atoms with Crippen LogP contribution in [0.15, 0.2) is 17.3 Å². The van der Waals surface area contributed by atoms with E-state index in [0.717, 1.165) is 11.3 Å². The zero-order valence-electron chi connectivity index (χ0n) is 15.0. The maximum Gasteiger partial charge on any atom is 0.262 e. The van der Waals surface area contributed by atoms with Crippen molar-refractivity contribution in [3.8, 4) is 0 Å². The van der Waals surface area contributed by atoms with Gasteiger partial charge in [-0.1, -0.05) is 0 Å². The van der Waals surface area contributed by atoms with Gasteiger partial charge in [0.2, 0.25) is 0 Å². The number of aromatic nitrogens is 4. The van der Waals surface area contributed by atoms with E-state index in [-0.39, 0.29) is 17.5 Å². The highest BCUT2D eigenvalue weighted by Crippen LogP contribution is 2.27. The molecule has 0 unspecified atom stereocenters. The van der Waals surface area contributed by atoms with Crippen molar-refractivity contribution in [3.05, 3.63) is 44.6 Å². The van der Waals surface area contributed by atoms with Crippen molar-refractivity contribution in [2.45, 2.75) is 40.3 Å². The molecule has 0 saturated carbocycles. The Morgan fingerprint density at radius 3 is 2.72 bits per heavy atom. The minimum absolute atomic E-state index is 0.101. The summed E-state index contributed by atoms with van der Waals surface area (Å²) in [6.45, 7) is 8.13. The number of hydrogen-bond acceptors (Lipinski definition) is 5. The first-order chi connectivity index (χ1) is 11.8. The zero-order valence-corrected chi connectivity index (χ0v) is 15.8. The molecular weight excluding hydrogens is 338 g/mol. The molecule has 1 atom stereocenters. The van der Waals surface area contributed by atoms with Gasteiger partial charge in [-0.2, -0.15) is 5.10 Å². The molecule has 3 aromatic rings. The summed E-state index contributed by atoms with van der Waals surface area (Å²) in [6.07, 6.45) is 3.30. The summed E-state index contributed by atoms with van der Waals surface area (Å²) in [4.78, 5) is 30.7. The summed E-state index contributed by atoms with van der Waals surface area (Å²) in [5.41, 5.74) is 2.57. The molecular formula is C17H21N5O2S. The second-order valence-electron chi connectivity index (χ2n) is 6.08. The zero-order chi connectivity index (χ0) is 18.3. The Hall–Kier alpha value is -2.48. The first-order valence-corrected chi connectivity index (χ1v) is 8.94. The SMILES string of the molecule is CCn1cnc2sc(C(=O)N[C@H](C)c3cnn(C)c3C)c(C)c2c1=O. The van der Waals surface area contributed by atoms with E-state index in [1.807, 2.05) is 27.8 Å². The van der Waals surface area contributed by atoms with Crippen LogP contribution in [-0.2, 0) is 13.6 Å². The number of nitrogens with zero attached hydrogens (tertiary/aromatic N) is 4. The first kappa shape index (κ1) is 17.3. The van der Waals surface area contributed by atoms with Gasteiger partial charge in [-0.3, -0.25) is 18.8 Å². The largest absolute Gasteiger partial charge is 0.345 e. The van der Waals surface area contributed by atoms with E-state index in [4.69, 9.17) is 0 Å². The average Bonchev–Trinajstić information content (AvgIpc) is 3.09. The highest BCUT2D eigenvalue weighted by molar-refractivity contribution is 7.20. The van der Waals surface area contributed by atoms with Gasteiger partial charge in [0, 0.05) is 24.8 Å². The van der Waals surface area contributed by atoms with E-state index < -0.39 is 0 Å². The number of nitrogens with one attached hydrogen (secondary N) is 1. The molecule has 132 valence electrons. The molecule has 3 aromatic heterocycles. The molecule has 0 aliphatic heterocycles. The van der Waals surface area contributed by atoms with Gasteiger partial charge in [0.15, 0.2) is 0 Å². The van der Waals surface area contributed by atoms with Gasteiger partial charge >= 0.3 is 0 Å². The highest BCUT2D eigenvalue weighted by atomic mass is 32.1. The van der Waals surface area contributed by atoms with E-state index in [1.54, 1.807) is 22.4 Å². The minimum atomic E-state index is -0.196. The molecule has 8 heteroatoms. The standard InChI is InChI=1S/C17H21N5O2S/c1-6-22-8-18-16-13(17(22)24)9(2)14(25-16)15(23)20-10(3)12-7-19-21(5)11(12)4/h7-8,10H,6H2,1-5H3,(H,20,23)/t10-/m1/s1. The smallest absolute Gasteiger partial charge is 0.262 e. The van der Waals surface area contributed by atoms with Crippen molar-refractivity contribution in [2.24, 2.45) is 7.05 Å². The Bertz CT molecular complexity index is 1010. The first-order valence-electron chi connectivity index (χ1n) is 8.13. The fourth-order valence-corrected chi connectivity index (χ4v) is 3.92. The van der Waals surface area contributed by atoms with E-state index >= 15 is 0 Å². The topological polar surface area (TPSA) is 81.8 Å². The normalized spacial score (nSPS) is 12.5. The van der Waals surface area contributed by atoms with Gasteiger partial charge < -0.3 is 5.32 Å². The maximum atomic E-state index is 12.7. The van der Waals surface area contributed by atoms with Crippen LogP contribution in [0.1, 0.15) is 46.4 Å². The fourth-order valence-electron chi connectivity index (χ4n) is 2.88. The van der Waals surface area contributed by atoms with Gasteiger partial charge in [-0.25, -0.2) is 4.98 Å². The Morgan fingerprint density at radius 2 is 2.12 bits per heavy atom. The van der Waals surface area contributed by atoms with Crippen LogP contribution in [-0.4, -0.2) is 25.2 Å². The molecule has 0 radical (unpaired) electrons. The molecule has 0 aliphatic rings. The average molecular weight is 359 g/mol. The molecule has 7 nitrogen and oxygen atoms in total. The van der Waals surface area contributed by atoms with Crippen LogP contribution in [0.5, 0.6) is 0 Å². The predicted octanol–water partition coefficient (Wildman–Crippen LogP) is 2.32. The van der Waals surface area contributed by atoms with E-state index in [0.29, 0.717) is 27.2 Å². The molecule has 0 fully saturated rings. The van der Waals surface area contributed by atoms with Crippen LogP contribution < -0.4 is 10.9 Å². The number of fused-ring (bicyclic) bond motifs is 1. The number of carbonyl (C=O) groups excluding carboxylic acids is 1. The lowest BCUT2D eigenvalue weighted by molar-refractivity contribution is 0.0943. The summed E-state index contributed by atoms with van der Waals surface area (Å²) in [6, 6.07) is -0.175.